The van der Waals surface area contributed by atoms with Gasteiger partial charge in [-0.15, -0.1) is 0 Å². The maximum Gasteiger partial charge on any atom is 0.333 e. The largest absolute Gasteiger partial charge is 0.497 e. The average Bonchev–Trinajstić information content (AvgIpc) is 3.39. The molecule has 0 radical (unpaired) electrons. The van der Waals surface area contributed by atoms with Crippen LogP contribution >= 0.6 is 0 Å². The SMILES string of the molecule is C=C(C(=O)N[C@H](C(=O)OC)c1ccc(OC)cc1)C(C)CC[C@@H](C)[C@H]1CCC2=C3CC[C@H]4C[C@@H](O)CC[C@]4(C)[C@H]3CC[C@@]21C. The van der Waals surface area contributed by atoms with Crippen LogP contribution in [-0.4, -0.2) is 37.3 Å². The lowest BCUT2D eigenvalue weighted by atomic mass is 9.49. The fourth-order valence-corrected chi connectivity index (χ4v) is 9.95. The summed E-state index contributed by atoms with van der Waals surface area (Å²) in [6.07, 6.45) is 12.5. The van der Waals surface area contributed by atoms with Gasteiger partial charge in [0.2, 0.25) is 5.91 Å². The first-order valence-corrected chi connectivity index (χ1v) is 17.0. The van der Waals surface area contributed by atoms with E-state index in [-0.39, 0.29) is 23.3 Å². The topological polar surface area (TPSA) is 84.9 Å². The van der Waals surface area contributed by atoms with Crippen molar-refractivity contribution in [1.82, 2.24) is 5.32 Å². The van der Waals surface area contributed by atoms with Crippen molar-refractivity contribution < 1.29 is 24.2 Å². The fraction of sp³-hybridized carbons (Fsp3) is 0.684. The highest BCUT2D eigenvalue weighted by Gasteiger charge is 2.55. The van der Waals surface area contributed by atoms with Crippen LogP contribution in [0, 0.1) is 40.4 Å². The Labute approximate surface area is 265 Å². The van der Waals surface area contributed by atoms with E-state index in [0.717, 1.165) is 25.7 Å². The Morgan fingerprint density at radius 2 is 1.75 bits per heavy atom. The van der Waals surface area contributed by atoms with Crippen molar-refractivity contribution in [3.05, 3.63) is 53.1 Å². The number of esters is 1. The molecule has 0 saturated heterocycles. The van der Waals surface area contributed by atoms with Gasteiger partial charge in [-0.2, -0.15) is 0 Å². The first-order chi connectivity index (χ1) is 20.9. The van der Waals surface area contributed by atoms with E-state index in [0.29, 0.717) is 46.0 Å². The molecule has 0 aromatic heterocycles. The van der Waals surface area contributed by atoms with Gasteiger partial charge in [-0.05, 0) is 129 Å². The van der Waals surface area contributed by atoms with Gasteiger partial charge in [-0.25, -0.2) is 4.79 Å². The van der Waals surface area contributed by atoms with Crippen molar-refractivity contribution in [1.29, 1.82) is 0 Å². The first kappa shape index (κ1) is 32.8. The maximum absolute atomic E-state index is 13.3. The molecule has 6 heteroatoms. The summed E-state index contributed by atoms with van der Waals surface area (Å²) in [5.41, 5.74) is 5.38. The second kappa shape index (κ2) is 13.0. The molecule has 1 aromatic rings. The minimum absolute atomic E-state index is 0.00580. The van der Waals surface area contributed by atoms with E-state index < -0.39 is 12.0 Å². The first-order valence-electron chi connectivity index (χ1n) is 17.0. The number of methoxy groups -OCH3 is 2. The Hall–Kier alpha value is -2.60. The van der Waals surface area contributed by atoms with Gasteiger partial charge in [-0.3, -0.25) is 4.79 Å². The number of carbonyl (C=O) groups excluding carboxylic acids is 2. The highest BCUT2D eigenvalue weighted by Crippen LogP contribution is 2.65. The van der Waals surface area contributed by atoms with Crippen LogP contribution in [0.5, 0.6) is 5.75 Å². The number of aliphatic hydroxyl groups excluding tert-OH is 1. The molecular formula is C38H55NO5. The Kier molecular flexibility index (Phi) is 9.70. The van der Waals surface area contributed by atoms with Gasteiger partial charge in [-0.1, -0.05) is 57.6 Å². The molecule has 4 aliphatic rings. The third kappa shape index (κ3) is 6.00. The minimum atomic E-state index is -0.905. The van der Waals surface area contributed by atoms with E-state index in [1.54, 1.807) is 42.5 Å². The predicted molar refractivity (Wildman–Crippen MR) is 174 cm³/mol. The number of carbonyl (C=O) groups is 2. The van der Waals surface area contributed by atoms with E-state index in [4.69, 9.17) is 9.47 Å². The molecule has 5 rings (SSSR count). The van der Waals surface area contributed by atoms with Gasteiger partial charge in [0.15, 0.2) is 6.04 Å². The minimum Gasteiger partial charge on any atom is -0.497 e. The summed E-state index contributed by atoms with van der Waals surface area (Å²) < 4.78 is 10.2. The molecule has 0 heterocycles. The Morgan fingerprint density at radius 3 is 2.43 bits per heavy atom. The molecular weight excluding hydrogens is 550 g/mol. The van der Waals surface area contributed by atoms with Gasteiger partial charge in [0.25, 0.3) is 0 Å². The quantitative estimate of drug-likeness (QED) is 0.162. The van der Waals surface area contributed by atoms with Crippen LogP contribution in [0.25, 0.3) is 0 Å². The molecule has 0 aliphatic heterocycles. The number of benzene rings is 1. The van der Waals surface area contributed by atoms with Crippen molar-refractivity contribution in [2.75, 3.05) is 14.2 Å². The zero-order valence-electron chi connectivity index (χ0n) is 27.9. The number of hydrogen-bond donors (Lipinski definition) is 2. The van der Waals surface area contributed by atoms with Crippen molar-refractivity contribution in [3.8, 4) is 5.75 Å². The molecule has 1 amide bonds. The van der Waals surface area contributed by atoms with Crippen LogP contribution in [0.4, 0.5) is 0 Å². The molecule has 6 nitrogen and oxygen atoms in total. The lowest BCUT2D eigenvalue weighted by Crippen LogP contribution is -2.48. The molecule has 0 spiro atoms. The van der Waals surface area contributed by atoms with Crippen LogP contribution in [0.3, 0.4) is 0 Å². The average molecular weight is 606 g/mol. The number of fused-ring (bicyclic) bond motifs is 4. The van der Waals surface area contributed by atoms with Gasteiger partial charge in [0.05, 0.1) is 20.3 Å². The highest BCUT2D eigenvalue weighted by atomic mass is 16.5. The van der Waals surface area contributed by atoms with Crippen LogP contribution in [0.2, 0.25) is 0 Å². The summed E-state index contributed by atoms with van der Waals surface area (Å²) in [5, 5.41) is 13.2. The van der Waals surface area contributed by atoms with Crippen molar-refractivity contribution in [2.45, 2.75) is 110 Å². The summed E-state index contributed by atoms with van der Waals surface area (Å²) in [6, 6.07) is 6.15. The Bertz CT molecular complexity index is 1270. The van der Waals surface area contributed by atoms with E-state index in [2.05, 4.69) is 39.6 Å². The van der Waals surface area contributed by atoms with Gasteiger partial charge >= 0.3 is 5.97 Å². The molecule has 3 fully saturated rings. The highest BCUT2D eigenvalue weighted by molar-refractivity contribution is 5.96. The monoisotopic (exact) mass is 605 g/mol. The summed E-state index contributed by atoms with van der Waals surface area (Å²) in [6.45, 7) is 13.7. The van der Waals surface area contributed by atoms with Gasteiger partial charge in [0, 0.05) is 5.57 Å². The second-order valence-electron chi connectivity index (χ2n) is 15.0. The molecule has 1 unspecified atom stereocenters. The number of amides is 1. The third-order valence-electron chi connectivity index (χ3n) is 12.8. The molecule has 1 aromatic carbocycles. The summed E-state index contributed by atoms with van der Waals surface area (Å²) in [4.78, 5) is 25.8. The van der Waals surface area contributed by atoms with Crippen molar-refractivity contribution >= 4 is 11.9 Å². The Balaban J connectivity index is 1.20. The standard InChI is InChI=1S/C38H55NO5/c1-23(25(3)35(41)39-34(36(42)44-7)26-10-13-29(43-6)14-11-26)8-9-24(2)31-16-17-32-30-15-12-27-22-28(40)18-20-37(27,4)33(30)19-21-38(31,32)5/h10-11,13-14,23-24,27-28,31,33-34,40H,3,8-9,12,15-22H2,1-2,4-7H3,(H,39,41)/t23?,24-,27+,28+,31-,33+,34+,37+,38-/m1/s1. The number of rotatable bonds is 10. The molecule has 4 aliphatic carbocycles. The number of hydrogen-bond acceptors (Lipinski definition) is 5. The number of allylic oxidation sites excluding steroid dienone is 2. The van der Waals surface area contributed by atoms with Crippen molar-refractivity contribution in [3.63, 3.8) is 0 Å². The zero-order valence-corrected chi connectivity index (χ0v) is 27.9. The molecule has 3 saturated carbocycles. The predicted octanol–water partition coefficient (Wildman–Crippen LogP) is 7.72. The van der Waals surface area contributed by atoms with Crippen LogP contribution < -0.4 is 10.1 Å². The lowest BCUT2D eigenvalue weighted by molar-refractivity contribution is -0.145. The van der Waals surface area contributed by atoms with Crippen LogP contribution in [0.15, 0.2) is 47.6 Å². The van der Waals surface area contributed by atoms with E-state index >= 15 is 0 Å². The maximum atomic E-state index is 13.3. The Morgan fingerprint density at radius 1 is 1.02 bits per heavy atom. The normalized spacial score (nSPS) is 33.2. The third-order valence-corrected chi connectivity index (χ3v) is 12.8. The summed E-state index contributed by atoms with van der Waals surface area (Å²) in [5.74, 6) is 2.46. The molecule has 0 bridgehead atoms. The zero-order chi connectivity index (χ0) is 31.8. The molecule has 242 valence electrons. The summed E-state index contributed by atoms with van der Waals surface area (Å²) in [7, 11) is 2.91. The van der Waals surface area contributed by atoms with Crippen LogP contribution in [0.1, 0.15) is 110 Å². The van der Waals surface area contributed by atoms with E-state index in [9.17, 15) is 14.7 Å². The lowest BCUT2D eigenvalue weighted by Gasteiger charge is -2.56. The van der Waals surface area contributed by atoms with E-state index in [1.165, 1.54) is 52.1 Å². The fourth-order valence-electron chi connectivity index (χ4n) is 9.95. The van der Waals surface area contributed by atoms with Gasteiger partial charge < -0.3 is 19.9 Å². The molecule has 44 heavy (non-hydrogen) atoms. The van der Waals surface area contributed by atoms with E-state index in [1.807, 2.05) is 0 Å². The number of aliphatic hydroxyl groups is 1. The van der Waals surface area contributed by atoms with Crippen molar-refractivity contribution in [2.24, 2.45) is 40.4 Å². The van der Waals surface area contributed by atoms with Gasteiger partial charge in [0.1, 0.15) is 5.75 Å². The number of ether oxygens (including phenoxy) is 2. The smallest absolute Gasteiger partial charge is 0.333 e. The number of nitrogens with one attached hydrogen (secondary N) is 1. The molecule has 9 atom stereocenters. The molecule has 2 N–H and O–H groups in total. The summed E-state index contributed by atoms with van der Waals surface area (Å²) >= 11 is 0. The second-order valence-corrected chi connectivity index (χ2v) is 15.0. The van der Waals surface area contributed by atoms with Crippen LogP contribution in [-0.2, 0) is 14.3 Å².